The predicted octanol–water partition coefficient (Wildman–Crippen LogP) is 3.37. The Morgan fingerprint density at radius 1 is 0.963 bits per heavy atom. The Balaban J connectivity index is 1.36. The summed E-state index contributed by atoms with van der Waals surface area (Å²) in [6.45, 7) is 4.01. The number of nitrogens with zero attached hydrogens (tertiary/aromatic N) is 3. The van der Waals surface area contributed by atoms with Gasteiger partial charge in [0.05, 0.1) is 0 Å². The van der Waals surface area contributed by atoms with Gasteiger partial charge in [-0.2, -0.15) is 0 Å². The van der Waals surface area contributed by atoms with Gasteiger partial charge in [-0.25, -0.2) is 4.39 Å². The van der Waals surface area contributed by atoms with Crippen molar-refractivity contribution in [2.75, 3.05) is 32.7 Å². The van der Waals surface area contributed by atoms with E-state index in [2.05, 4.69) is 9.88 Å². The number of halogens is 1. The fourth-order valence-electron chi connectivity index (χ4n) is 3.55. The van der Waals surface area contributed by atoms with Gasteiger partial charge in [-0.1, -0.05) is 36.4 Å². The van der Waals surface area contributed by atoms with Crippen LogP contribution in [0.1, 0.15) is 16.1 Å². The van der Waals surface area contributed by atoms with Crippen molar-refractivity contribution in [2.24, 2.45) is 0 Å². The van der Waals surface area contributed by atoms with Crippen LogP contribution in [0.25, 0.3) is 10.8 Å². The van der Waals surface area contributed by atoms with Crippen LogP contribution in [0.2, 0.25) is 0 Å². The zero-order valence-corrected chi connectivity index (χ0v) is 15.1. The van der Waals surface area contributed by atoms with Crippen LogP contribution >= 0.6 is 0 Å². The quantitative estimate of drug-likeness (QED) is 0.713. The van der Waals surface area contributed by atoms with E-state index in [9.17, 15) is 9.18 Å². The monoisotopic (exact) mass is 363 g/mol. The van der Waals surface area contributed by atoms with Crippen LogP contribution in [0.3, 0.4) is 0 Å². The number of aromatic nitrogens is 1. The molecule has 27 heavy (non-hydrogen) atoms. The molecule has 1 aliphatic heterocycles. The molecule has 1 aromatic heterocycles. The van der Waals surface area contributed by atoms with Gasteiger partial charge in [0.1, 0.15) is 11.5 Å². The van der Waals surface area contributed by atoms with Crippen molar-refractivity contribution in [3.05, 3.63) is 77.9 Å². The molecule has 0 aliphatic carbocycles. The van der Waals surface area contributed by atoms with Crippen molar-refractivity contribution in [3.63, 3.8) is 0 Å². The largest absolute Gasteiger partial charge is 0.335 e. The zero-order chi connectivity index (χ0) is 18.6. The molecule has 2 aromatic carbocycles. The first-order valence-corrected chi connectivity index (χ1v) is 9.30. The minimum Gasteiger partial charge on any atom is -0.335 e. The van der Waals surface area contributed by atoms with Crippen molar-refractivity contribution in [1.82, 2.24) is 14.8 Å². The number of pyridine rings is 1. The molecule has 0 unspecified atom stereocenters. The molecule has 0 radical (unpaired) electrons. The van der Waals surface area contributed by atoms with Gasteiger partial charge >= 0.3 is 0 Å². The van der Waals surface area contributed by atoms with Gasteiger partial charge in [-0.15, -0.1) is 0 Å². The topological polar surface area (TPSA) is 36.4 Å². The minimum absolute atomic E-state index is 0.00462. The lowest BCUT2D eigenvalue weighted by Crippen LogP contribution is -2.49. The Morgan fingerprint density at radius 3 is 2.48 bits per heavy atom. The Hall–Kier alpha value is -2.79. The highest BCUT2D eigenvalue weighted by atomic mass is 19.1. The summed E-state index contributed by atoms with van der Waals surface area (Å²) in [5.41, 5.74) is 1.67. The van der Waals surface area contributed by atoms with E-state index in [0.717, 1.165) is 42.4 Å². The van der Waals surface area contributed by atoms with Gasteiger partial charge < -0.3 is 4.90 Å². The number of benzene rings is 2. The van der Waals surface area contributed by atoms with Crippen molar-refractivity contribution >= 4 is 16.7 Å². The van der Waals surface area contributed by atoms with Crippen LogP contribution in [0, 0.1) is 5.82 Å². The third-order valence-corrected chi connectivity index (χ3v) is 5.17. The second-order valence-electron chi connectivity index (χ2n) is 6.89. The lowest BCUT2D eigenvalue weighted by atomic mass is 10.1. The molecule has 0 spiro atoms. The number of carbonyl (C=O) groups excluding carboxylic acids is 1. The lowest BCUT2D eigenvalue weighted by molar-refractivity contribution is 0.0635. The molecule has 0 atom stereocenters. The maximum atomic E-state index is 13.0. The Labute approximate surface area is 158 Å². The molecular formula is C22H22FN3O. The molecule has 0 N–H and O–H groups in total. The van der Waals surface area contributed by atoms with E-state index in [0.29, 0.717) is 18.8 Å². The molecule has 5 heteroatoms. The molecule has 3 aromatic rings. The third-order valence-electron chi connectivity index (χ3n) is 5.17. The first-order valence-electron chi connectivity index (χ1n) is 9.30. The first kappa shape index (κ1) is 17.6. The van der Waals surface area contributed by atoms with E-state index in [1.165, 1.54) is 12.1 Å². The number of rotatable bonds is 4. The summed E-state index contributed by atoms with van der Waals surface area (Å²) in [6.07, 6.45) is 2.59. The van der Waals surface area contributed by atoms with E-state index >= 15 is 0 Å². The summed E-state index contributed by atoms with van der Waals surface area (Å²) < 4.78 is 13.0. The molecule has 2 heterocycles. The number of hydrogen-bond donors (Lipinski definition) is 0. The van der Waals surface area contributed by atoms with Gasteiger partial charge in [0.2, 0.25) is 0 Å². The van der Waals surface area contributed by atoms with Crippen molar-refractivity contribution < 1.29 is 9.18 Å². The Morgan fingerprint density at radius 2 is 1.70 bits per heavy atom. The Bertz CT molecular complexity index is 928. The highest BCUT2D eigenvalue weighted by Gasteiger charge is 2.24. The van der Waals surface area contributed by atoms with Crippen molar-refractivity contribution in [1.29, 1.82) is 0 Å². The smallest absolute Gasteiger partial charge is 0.273 e. The summed E-state index contributed by atoms with van der Waals surface area (Å²) in [7, 11) is 0. The summed E-state index contributed by atoms with van der Waals surface area (Å²) in [5, 5.41) is 1.94. The summed E-state index contributed by atoms with van der Waals surface area (Å²) in [6, 6.07) is 16.5. The van der Waals surface area contributed by atoms with Crippen LogP contribution in [0.4, 0.5) is 4.39 Å². The highest BCUT2D eigenvalue weighted by molar-refractivity contribution is 6.05. The number of hydrogen-bond acceptors (Lipinski definition) is 3. The fraction of sp³-hybridized carbons (Fsp3) is 0.273. The predicted molar refractivity (Wildman–Crippen MR) is 104 cm³/mol. The van der Waals surface area contributed by atoms with E-state index in [1.54, 1.807) is 6.20 Å². The molecular weight excluding hydrogens is 341 g/mol. The second-order valence-corrected chi connectivity index (χ2v) is 6.89. The third kappa shape index (κ3) is 3.98. The van der Waals surface area contributed by atoms with Crippen LogP contribution in [-0.2, 0) is 6.42 Å². The van der Waals surface area contributed by atoms with E-state index in [4.69, 9.17) is 0 Å². The standard InChI is InChI=1S/C22H22FN3O/c23-19-7-5-17(6-8-19)10-12-25-13-15-26(16-14-25)22(27)21-20-4-2-1-3-18(20)9-11-24-21/h1-9,11H,10,12-16H2. The molecule has 138 valence electrons. The SMILES string of the molecule is O=C(c1nccc2ccccc12)N1CCN(CCc2ccc(F)cc2)CC1. The minimum atomic E-state index is -0.201. The Kier molecular flexibility index (Phi) is 5.12. The van der Waals surface area contributed by atoms with Crippen molar-refractivity contribution in [3.8, 4) is 0 Å². The van der Waals surface area contributed by atoms with E-state index in [1.807, 2.05) is 47.4 Å². The van der Waals surface area contributed by atoms with Crippen molar-refractivity contribution in [2.45, 2.75) is 6.42 Å². The fourth-order valence-corrected chi connectivity index (χ4v) is 3.55. The molecule has 4 rings (SSSR count). The van der Waals surface area contributed by atoms with Crippen LogP contribution < -0.4 is 0 Å². The number of amides is 1. The van der Waals surface area contributed by atoms with Crippen LogP contribution in [0.5, 0.6) is 0 Å². The maximum Gasteiger partial charge on any atom is 0.273 e. The lowest BCUT2D eigenvalue weighted by Gasteiger charge is -2.34. The van der Waals surface area contributed by atoms with Crippen LogP contribution in [-0.4, -0.2) is 53.4 Å². The summed E-state index contributed by atoms with van der Waals surface area (Å²) in [4.78, 5) is 21.5. The first-order chi connectivity index (χ1) is 13.2. The van der Waals surface area contributed by atoms with Gasteiger partial charge in [-0.3, -0.25) is 14.7 Å². The molecule has 1 amide bonds. The molecule has 1 fully saturated rings. The summed E-state index contributed by atoms with van der Waals surface area (Å²) >= 11 is 0. The normalized spacial score (nSPS) is 15.2. The average molecular weight is 363 g/mol. The van der Waals surface area contributed by atoms with Gasteiger partial charge in [0.25, 0.3) is 5.91 Å². The van der Waals surface area contributed by atoms with Gasteiger partial charge in [0.15, 0.2) is 0 Å². The molecule has 1 aliphatic rings. The number of piperazine rings is 1. The van der Waals surface area contributed by atoms with E-state index in [-0.39, 0.29) is 11.7 Å². The van der Waals surface area contributed by atoms with Gasteiger partial charge in [0, 0.05) is 44.3 Å². The number of fused-ring (bicyclic) bond motifs is 1. The zero-order valence-electron chi connectivity index (χ0n) is 15.1. The van der Waals surface area contributed by atoms with E-state index < -0.39 is 0 Å². The molecule has 1 saturated heterocycles. The molecule has 0 saturated carbocycles. The highest BCUT2D eigenvalue weighted by Crippen LogP contribution is 2.18. The maximum absolute atomic E-state index is 13.0. The average Bonchev–Trinajstić information content (AvgIpc) is 2.73. The molecule has 4 nitrogen and oxygen atoms in total. The molecule has 0 bridgehead atoms. The number of carbonyl (C=O) groups is 1. The van der Waals surface area contributed by atoms with Crippen LogP contribution in [0.15, 0.2) is 60.8 Å². The second kappa shape index (κ2) is 7.84. The van der Waals surface area contributed by atoms with Gasteiger partial charge in [-0.05, 0) is 35.6 Å². The summed E-state index contributed by atoms with van der Waals surface area (Å²) in [5.74, 6) is -0.196.